The highest BCUT2D eigenvalue weighted by Gasteiger charge is 2.22. The molecule has 0 atom stereocenters. The Morgan fingerprint density at radius 1 is 0.960 bits per heavy atom. The van der Waals surface area contributed by atoms with Crippen molar-refractivity contribution in [2.45, 2.75) is 52.4 Å². The SMILES string of the molecule is CCCCCCc1c(CC)c(O)c2n[nH]nc2c1Oc1ccccc1. The zero-order valence-electron chi connectivity index (χ0n) is 14.9. The Kier molecular flexibility index (Phi) is 5.53. The van der Waals surface area contributed by atoms with Crippen molar-refractivity contribution in [2.75, 3.05) is 0 Å². The second-order valence-corrected chi connectivity index (χ2v) is 6.23. The number of fused-ring (bicyclic) bond motifs is 1. The second-order valence-electron chi connectivity index (χ2n) is 6.23. The number of phenols is 1. The fourth-order valence-corrected chi connectivity index (χ4v) is 3.21. The Bertz CT molecular complexity index is 828. The number of nitrogens with one attached hydrogen (secondary N) is 1. The van der Waals surface area contributed by atoms with Crippen molar-refractivity contribution in [3.63, 3.8) is 0 Å². The summed E-state index contributed by atoms with van der Waals surface area (Å²) in [5.41, 5.74) is 3.01. The summed E-state index contributed by atoms with van der Waals surface area (Å²) >= 11 is 0. The maximum absolute atomic E-state index is 10.6. The molecule has 1 heterocycles. The third kappa shape index (κ3) is 3.60. The van der Waals surface area contributed by atoms with Gasteiger partial charge in [0.2, 0.25) is 0 Å². The van der Waals surface area contributed by atoms with Gasteiger partial charge in [-0.15, -0.1) is 0 Å². The van der Waals surface area contributed by atoms with E-state index in [9.17, 15) is 5.11 Å². The number of aromatic nitrogens is 3. The molecule has 0 amide bonds. The van der Waals surface area contributed by atoms with E-state index in [1.54, 1.807) is 0 Å². The van der Waals surface area contributed by atoms with Crippen LogP contribution in [0.1, 0.15) is 50.7 Å². The number of para-hydroxylation sites is 1. The van der Waals surface area contributed by atoms with Crippen LogP contribution in [0.5, 0.6) is 17.2 Å². The number of ether oxygens (including phenoxy) is 1. The maximum Gasteiger partial charge on any atom is 0.160 e. The quantitative estimate of drug-likeness (QED) is 0.557. The van der Waals surface area contributed by atoms with Gasteiger partial charge in [0, 0.05) is 11.1 Å². The number of nitrogens with zero attached hydrogens (tertiary/aromatic N) is 2. The van der Waals surface area contributed by atoms with Gasteiger partial charge in [-0.05, 0) is 31.4 Å². The van der Waals surface area contributed by atoms with Crippen LogP contribution in [0, 0.1) is 0 Å². The molecule has 2 aromatic carbocycles. The predicted octanol–water partition coefficient (Wildman–Crippen LogP) is 5.14. The molecule has 5 nitrogen and oxygen atoms in total. The number of hydrogen-bond acceptors (Lipinski definition) is 4. The lowest BCUT2D eigenvalue weighted by Crippen LogP contribution is -2.00. The average Bonchev–Trinajstić information content (AvgIpc) is 3.13. The summed E-state index contributed by atoms with van der Waals surface area (Å²) in [5.74, 6) is 1.69. The molecule has 3 aromatic rings. The van der Waals surface area contributed by atoms with Gasteiger partial charge in [-0.1, -0.05) is 51.3 Å². The number of rotatable bonds is 8. The number of benzene rings is 2. The molecular formula is C20H25N3O2. The van der Waals surface area contributed by atoms with Crippen LogP contribution in [-0.4, -0.2) is 20.5 Å². The van der Waals surface area contributed by atoms with Crippen LogP contribution in [0.3, 0.4) is 0 Å². The fourth-order valence-electron chi connectivity index (χ4n) is 3.21. The predicted molar refractivity (Wildman–Crippen MR) is 99.3 cm³/mol. The molecule has 5 heteroatoms. The van der Waals surface area contributed by atoms with E-state index in [0.29, 0.717) is 16.8 Å². The van der Waals surface area contributed by atoms with E-state index < -0.39 is 0 Å². The van der Waals surface area contributed by atoms with Crippen molar-refractivity contribution in [1.29, 1.82) is 0 Å². The highest BCUT2D eigenvalue weighted by atomic mass is 16.5. The van der Waals surface area contributed by atoms with Crippen LogP contribution in [0.15, 0.2) is 30.3 Å². The Hall–Kier alpha value is -2.56. The molecule has 3 rings (SSSR count). The number of hydrogen-bond donors (Lipinski definition) is 2. The maximum atomic E-state index is 10.6. The molecule has 1 aromatic heterocycles. The largest absolute Gasteiger partial charge is 0.505 e. The summed E-state index contributed by atoms with van der Waals surface area (Å²) in [4.78, 5) is 0. The zero-order valence-corrected chi connectivity index (χ0v) is 14.9. The minimum atomic E-state index is 0.220. The normalized spacial score (nSPS) is 11.1. The van der Waals surface area contributed by atoms with Crippen LogP contribution in [0.2, 0.25) is 0 Å². The van der Waals surface area contributed by atoms with Crippen molar-refractivity contribution >= 4 is 11.0 Å². The Morgan fingerprint density at radius 2 is 1.72 bits per heavy atom. The molecule has 0 fully saturated rings. The van der Waals surface area contributed by atoms with Gasteiger partial charge >= 0.3 is 0 Å². The second kappa shape index (κ2) is 8.01. The standard InChI is InChI=1S/C20H25N3O2/c1-3-5-6-10-13-16-15(4-2)19(24)17-18(22-23-21-17)20(16)25-14-11-8-7-9-12-14/h7-9,11-12,24H,3-6,10,13H2,1-2H3,(H,21,22,23). The Morgan fingerprint density at radius 3 is 2.44 bits per heavy atom. The van der Waals surface area contributed by atoms with Gasteiger partial charge < -0.3 is 9.84 Å². The number of aromatic amines is 1. The van der Waals surface area contributed by atoms with E-state index in [0.717, 1.165) is 36.1 Å². The fraction of sp³-hybridized carbons (Fsp3) is 0.400. The molecule has 0 aliphatic carbocycles. The third-order valence-electron chi connectivity index (χ3n) is 4.51. The molecule has 0 bridgehead atoms. The van der Waals surface area contributed by atoms with E-state index >= 15 is 0 Å². The Balaban J connectivity index is 2.06. The summed E-state index contributed by atoms with van der Waals surface area (Å²) < 4.78 is 6.20. The van der Waals surface area contributed by atoms with Gasteiger partial charge in [0.1, 0.15) is 11.5 Å². The first-order valence-electron chi connectivity index (χ1n) is 9.06. The van der Waals surface area contributed by atoms with Crippen molar-refractivity contribution in [3.05, 3.63) is 41.5 Å². The first-order valence-corrected chi connectivity index (χ1v) is 9.06. The molecule has 25 heavy (non-hydrogen) atoms. The first-order chi connectivity index (χ1) is 12.3. The molecular weight excluding hydrogens is 314 g/mol. The first kappa shape index (κ1) is 17.3. The van der Waals surface area contributed by atoms with Gasteiger partial charge in [0.25, 0.3) is 0 Å². The van der Waals surface area contributed by atoms with Crippen molar-refractivity contribution < 1.29 is 9.84 Å². The highest BCUT2D eigenvalue weighted by Crippen LogP contribution is 2.41. The summed E-state index contributed by atoms with van der Waals surface area (Å²) in [6.07, 6.45) is 6.23. The zero-order chi connectivity index (χ0) is 17.6. The molecule has 2 N–H and O–H groups in total. The van der Waals surface area contributed by atoms with Crippen LogP contribution in [0.4, 0.5) is 0 Å². The lowest BCUT2D eigenvalue weighted by Gasteiger charge is -2.17. The molecule has 0 aliphatic rings. The number of H-pyrrole nitrogens is 1. The van der Waals surface area contributed by atoms with Crippen LogP contribution < -0.4 is 4.74 Å². The summed E-state index contributed by atoms with van der Waals surface area (Å²) in [5, 5.41) is 21.6. The van der Waals surface area contributed by atoms with Gasteiger partial charge in [0.15, 0.2) is 16.8 Å². The summed E-state index contributed by atoms with van der Waals surface area (Å²) in [6.45, 7) is 4.25. The average molecular weight is 339 g/mol. The molecule has 0 aliphatic heterocycles. The molecule has 0 saturated heterocycles. The van der Waals surface area contributed by atoms with E-state index in [4.69, 9.17) is 4.74 Å². The molecule has 0 unspecified atom stereocenters. The lowest BCUT2D eigenvalue weighted by atomic mass is 9.96. The summed E-state index contributed by atoms with van der Waals surface area (Å²) in [7, 11) is 0. The van der Waals surface area contributed by atoms with Crippen molar-refractivity contribution in [2.24, 2.45) is 0 Å². The van der Waals surface area contributed by atoms with Gasteiger partial charge in [-0.2, -0.15) is 15.4 Å². The minimum absolute atomic E-state index is 0.220. The highest BCUT2D eigenvalue weighted by molar-refractivity contribution is 5.89. The number of phenolic OH excluding ortho intramolecular Hbond substituents is 1. The van der Waals surface area contributed by atoms with Crippen molar-refractivity contribution in [1.82, 2.24) is 15.4 Å². The van der Waals surface area contributed by atoms with E-state index in [2.05, 4.69) is 22.3 Å². The topological polar surface area (TPSA) is 71.0 Å². The number of aromatic hydroxyl groups is 1. The lowest BCUT2D eigenvalue weighted by molar-refractivity contribution is 0.459. The monoisotopic (exact) mass is 339 g/mol. The molecule has 0 spiro atoms. The van der Waals surface area contributed by atoms with Crippen LogP contribution >= 0.6 is 0 Å². The van der Waals surface area contributed by atoms with Gasteiger partial charge in [-0.3, -0.25) is 0 Å². The number of unbranched alkanes of at least 4 members (excludes halogenated alkanes) is 3. The molecule has 0 saturated carbocycles. The third-order valence-corrected chi connectivity index (χ3v) is 4.51. The summed E-state index contributed by atoms with van der Waals surface area (Å²) in [6, 6.07) is 9.68. The van der Waals surface area contributed by atoms with Crippen molar-refractivity contribution in [3.8, 4) is 17.2 Å². The van der Waals surface area contributed by atoms with Crippen LogP contribution in [-0.2, 0) is 12.8 Å². The van der Waals surface area contributed by atoms with Gasteiger partial charge in [-0.25, -0.2) is 0 Å². The minimum Gasteiger partial charge on any atom is -0.505 e. The molecule has 0 radical (unpaired) electrons. The van der Waals surface area contributed by atoms with Crippen LogP contribution in [0.25, 0.3) is 11.0 Å². The van der Waals surface area contributed by atoms with Gasteiger partial charge in [0.05, 0.1) is 0 Å². The van der Waals surface area contributed by atoms with E-state index in [1.165, 1.54) is 19.3 Å². The van der Waals surface area contributed by atoms with E-state index in [-0.39, 0.29) is 5.75 Å². The smallest absolute Gasteiger partial charge is 0.160 e. The molecule has 132 valence electrons. The van der Waals surface area contributed by atoms with E-state index in [1.807, 2.05) is 37.3 Å². The Labute approximate surface area is 148 Å².